The molecule has 0 rings (SSSR count). The van der Waals surface area contributed by atoms with E-state index in [9.17, 15) is 19.2 Å². The van der Waals surface area contributed by atoms with E-state index in [2.05, 4.69) is 30.6 Å². The first-order valence-corrected chi connectivity index (χ1v) is 16.2. The van der Waals surface area contributed by atoms with Gasteiger partial charge in [-0.15, -0.1) is 0 Å². The minimum absolute atomic E-state index is 0.0146. The molecule has 0 aromatic carbocycles. The molecule has 0 heterocycles. The summed E-state index contributed by atoms with van der Waals surface area (Å²) >= 11 is 9.00. The summed E-state index contributed by atoms with van der Waals surface area (Å²) in [5.74, 6) is -0.876. The summed E-state index contributed by atoms with van der Waals surface area (Å²) in [6.45, 7) is 2.12. The molecule has 15 heteroatoms. The van der Waals surface area contributed by atoms with Crippen molar-refractivity contribution in [3.63, 3.8) is 0 Å². The number of rotatable bonds is 21. The zero-order valence-corrected chi connectivity index (χ0v) is 25.6. The van der Waals surface area contributed by atoms with Crippen molar-refractivity contribution < 1.29 is 46.7 Å². The predicted octanol–water partition coefficient (Wildman–Crippen LogP) is 2.75. The number of nitrogens with one attached hydrogen (secondary N) is 1. The van der Waals surface area contributed by atoms with Gasteiger partial charge in [0, 0.05) is 57.1 Å². The molecule has 0 saturated heterocycles. The zero-order valence-electron chi connectivity index (χ0n) is 22.0. The summed E-state index contributed by atoms with van der Waals surface area (Å²) in [5, 5.41) is 2.51. The van der Waals surface area contributed by atoms with E-state index in [1.165, 1.54) is 21.3 Å². The van der Waals surface area contributed by atoms with E-state index in [-0.39, 0.29) is 49.4 Å². The second-order valence-electron chi connectivity index (χ2n) is 7.72. The Kier molecular flexibility index (Phi) is 21.3. The first kappa shape index (κ1) is 36.0. The van der Waals surface area contributed by atoms with Gasteiger partial charge in [-0.25, -0.2) is 0 Å². The minimum Gasteiger partial charge on any atom is -0.465 e. The Labute approximate surface area is 235 Å². The average Bonchev–Trinajstić information content (AvgIpc) is 2.88. The van der Waals surface area contributed by atoms with E-state index in [1.807, 2.05) is 6.92 Å². The summed E-state index contributed by atoms with van der Waals surface area (Å²) in [4.78, 5) is 47.9. The highest BCUT2D eigenvalue weighted by Crippen LogP contribution is 2.17. The second-order valence-corrected chi connectivity index (χ2v) is 12.8. The molecule has 2 atom stereocenters. The first-order valence-electron chi connectivity index (χ1n) is 12.0. The van der Waals surface area contributed by atoms with Crippen LogP contribution >= 0.6 is 37.0 Å². The van der Waals surface area contributed by atoms with Gasteiger partial charge in [0.2, 0.25) is 0 Å². The SMILES string of the molecule is CCC(COC(=O)CCSC(=O)NCCC[Si](OC)(OC)OC)C(COC(=O)CCS)OC(=O)CCS. The molecule has 0 bridgehead atoms. The normalized spacial score (nSPS) is 12.9. The Hall–Kier alpha value is -0.973. The van der Waals surface area contributed by atoms with Crippen LogP contribution in [0.1, 0.15) is 39.0 Å². The predicted molar refractivity (Wildman–Crippen MR) is 149 cm³/mol. The number of carbonyl (C=O) groups is 4. The maximum atomic E-state index is 12.2. The lowest BCUT2D eigenvalue weighted by Crippen LogP contribution is -2.43. The fourth-order valence-corrected chi connectivity index (χ4v) is 5.76. The molecule has 2 unspecified atom stereocenters. The van der Waals surface area contributed by atoms with Crippen LogP contribution in [0.4, 0.5) is 4.79 Å². The third-order valence-corrected chi connectivity index (χ3v) is 9.33. The number of hydrogen-bond acceptors (Lipinski definition) is 13. The molecular formula is C22H41NO10S3Si. The molecule has 1 N–H and O–H groups in total. The van der Waals surface area contributed by atoms with E-state index >= 15 is 0 Å². The molecule has 0 aliphatic carbocycles. The van der Waals surface area contributed by atoms with Crippen LogP contribution in [-0.2, 0) is 41.9 Å². The molecule has 0 aromatic heterocycles. The van der Waals surface area contributed by atoms with Crippen LogP contribution < -0.4 is 5.32 Å². The molecule has 216 valence electrons. The van der Waals surface area contributed by atoms with E-state index in [4.69, 9.17) is 27.5 Å². The van der Waals surface area contributed by atoms with Crippen molar-refractivity contribution in [3.05, 3.63) is 0 Å². The lowest BCUT2D eigenvalue weighted by Gasteiger charge is -2.25. The molecule has 0 aliphatic rings. The number of hydrogen-bond donors (Lipinski definition) is 3. The monoisotopic (exact) mass is 603 g/mol. The fraction of sp³-hybridized carbons (Fsp3) is 0.818. The van der Waals surface area contributed by atoms with Crippen molar-refractivity contribution >= 4 is 69.0 Å². The van der Waals surface area contributed by atoms with Crippen LogP contribution in [0.5, 0.6) is 0 Å². The third-order valence-electron chi connectivity index (χ3n) is 5.23. The lowest BCUT2D eigenvalue weighted by molar-refractivity contribution is -0.165. The molecule has 0 saturated carbocycles. The second kappa shape index (κ2) is 21.9. The summed E-state index contributed by atoms with van der Waals surface area (Å²) in [5.41, 5.74) is 0. The first-order chi connectivity index (χ1) is 17.7. The number of esters is 3. The quantitative estimate of drug-likeness (QED) is 0.0588. The average molecular weight is 604 g/mol. The van der Waals surface area contributed by atoms with Crippen LogP contribution in [0.15, 0.2) is 0 Å². The highest BCUT2D eigenvalue weighted by atomic mass is 32.2. The Bertz CT molecular complexity index is 677. The zero-order chi connectivity index (χ0) is 28.1. The van der Waals surface area contributed by atoms with Gasteiger partial charge < -0.3 is 32.8 Å². The molecule has 0 radical (unpaired) electrons. The maximum absolute atomic E-state index is 12.2. The number of thioether (sulfide) groups is 1. The number of carbonyl (C=O) groups excluding carboxylic acids is 4. The van der Waals surface area contributed by atoms with Gasteiger partial charge in [-0.3, -0.25) is 19.2 Å². The van der Waals surface area contributed by atoms with Crippen LogP contribution in [0, 0.1) is 5.92 Å². The number of ether oxygens (including phenoxy) is 3. The van der Waals surface area contributed by atoms with Crippen LogP contribution in [-0.4, -0.2) is 96.4 Å². The standard InChI is InChI=1S/C22H41NO10S3Si/c1-5-17(18(33-21(26)8-12-35)16-32-19(24)7-11-34)15-31-20(25)9-13-36-22(27)23-10-6-14-37(28-2,29-3)30-4/h17-18,34-35H,5-16H2,1-4H3,(H,23,27). The summed E-state index contributed by atoms with van der Waals surface area (Å²) in [6, 6.07) is 0.561. The number of thiol groups is 2. The maximum Gasteiger partial charge on any atom is 0.500 e. The van der Waals surface area contributed by atoms with Crippen molar-refractivity contribution in [2.45, 2.75) is 51.2 Å². The van der Waals surface area contributed by atoms with E-state index in [0.717, 1.165) is 11.8 Å². The smallest absolute Gasteiger partial charge is 0.465 e. The Morgan fingerprint density at radius 2 is 1.43 bits per heavy atom. The van der Waals surface area contributed by atoms with E-state index < -0.39 is 32.8 Å². The molecule has 11 nitrogen and oxygen atoms in total. The van der Waals surface area contributed by atoms with Gasteiger partial charge in [0.1, 0.15) is 12.7 Å². The highest BCUT2D eigenvalue weighted by Gasteiger charge is 2.36. The Balaban J connectivity index is 4.49. The molecule has 0 spiro atoms. The minimum atomic E-state index is -2.67. The molecular weight excluding hydrogens is 563 g/mol. The third kappa shape index (κ3) is 16.6. The topological polar surface area (TPSA) is 136 Å². The van der Waals surface area contributed by atoms with Crippen LogP contribution in [0.2, 0.25) is 6.04 Å². The molecule has 0 fully saturated rings. The van der Waals surface area contributed by atoms with Crippen LogP contribution in [0.3, 0.4) is 0 Å². The van der Waals surface area contributed by atoms with E-state index in [1.54, 1.807) is 0 Å². The molecule has 37 heavy (non-hydrogen) atoms. The molecule has 1 amide bonds. The highest BCUT2D eigenvalue weighted by molar-refractivity contribution is 8.13. The van der Waals surface area contributed by atoms with Crippen molar-refractivity contribution in [1.29, 1.82) is 0 Å². The van der Waals surface area contributed by atoms with Crippen molar-refractivity contribution in [2.24, 2.45) is 5.92 Å². The summed E-state index contributed by atoms with van der Waals surface area (Å²) in [6.07, 6.45) is 0.652. The van der Waals surface area contributed by atoms with Gasteiger partial charge >= 0.3 is 26.7 Å². The molecule has 0 aromatic rings. The van der Waals surface area contributed by atoms with Gasteiger partial charge in [-0.1, -0.05) is 18.7 Å². The summed E-state index contributed by atoms with van der Waals surface area (Å²) < 4.78 is 32.0. The van der Waals surface area contributed by atoms with Gasteiger partial charge in [-0.05, 0) is 12.8 Å². The molecule has 0 aliphatic heterocycles. The summed E-state index contributed by atoms with van der Waals surface area (Å²) in [7, 11) is 1.93. The van der Waals surface area contributed by atoms with Gasteiger partial charge in [0.15, 0.2) is 0 Å². The van der Waals surface area contributed by atoms with Crippen molar-refractivity contribution in [1.82, 2.24) is 5.32 Å². The van der Waals surface area contributed by atoms with E-state index in [0.29, 0.717) is 36.9 Å². The Morgan fingerprint density at radius 3 is 2.00 bits per heavy atom. The van der Waals surface area contributed by atoms with Gasteiger partial charge in [0.25, 0.3) is 5.24 Å². The largest absolute Gasteiger partial charge is 0.500 e. The lowest BCUT2D eigenvalue weighted by atomic mass is 10.0. The number of amides is 1. The van der Waals surface area contributed by atoms with Gasteiger partial charge in [0.05, 0.1) is 25.9 Å². The fourth-order valence-electron chi connectivity index (χ4n) is 3.01. The van der Waals surface area contributed by atoms with Crippen molar-refractivity contribution in [3.8, 4) is 0 Å². The van der Waals surface area contributed by atoms with Gasteiger partial charge in [-0.2, -0.15) is 25.3 Å². The Morgan fingerprint density at radius 1 is 0.865 bits per heavy atom. The van der Waals surface area contributed by atoms with Crippen molar-refractivity contribution in [2.75, 3.05) is 58.3 Å². The van der Waals surface area contributed by atoms with Crippen LogP contribution in [0.25, 0.3) is 0 Å².